The maximum Gasteiger partial charge on any atom is 0.340 e. The van der Waals surface area contributed by atoms with Gasteiger partial charge in [0.2, 0.25) is 5.91 Å². The van der Waals surface area contributed by atoms with E-state index in [1.807, 2.05) is 6.92 Å². The van der Waals surface area contributed by atoms with E-state index in [1.165, 1.54) is 19.2 Å². The van der Waals surface area contributed by atoms with Crippen LogP contribution in [0.25, 0.3) is 0 Å². The van der Waals surface area contributed by atoms with Gasteiger partial charge in [-0.15, -0.1) is 0 Å². The number of anilines is 2. The molecule has 0 saturated carbocycles. The SMILES string of the molecule is CCCNC(=O)C(C)Nc1c(Cl)cc(N)cc1C(=O)OC. The molecule has 1 rings (SSSR count). The van der Waals surface area contributed by atoms with Crippen LogP contribution in [-0.4, -0.2) is 31.6 Å². The van der Waals surface area contributed by atoms with Crippen molar-refractivity contribution < 1.29 is 14.3 Å². The number of rotatable bonds is 6. The van der Waals surface area contributed by atoms with Crippen molar-refractivity contribution in [3.8, 4) is 0 Å². The van der Waals surface area contributed by atoms with Gasteiger partial charge in [0, 0.05) is 12.2 Å². The zero-order valence-corrected chi connectivity index (χ0v) is 13.1. The Morgan fingerprint density at radius 3 is 2.67 bits per heavy atom. The van der Waals surface area contributed by atoms with Gasteiger partial charge in [-0.1, -0.05) is 18.5 Å². The number of carbonyl (C=O) groups is 2. The maximum atomic E-state index is 11.9. The lowest BCUT2D eigenvalue weighted by atomic mass is 10.1. The topological polar surface area (TPSA) is 93.5 Å². The van der Waals surface area contributed by atoms with E-state index in [2.05, 4.69) is 10.6 Å². The number of benzene rings is 1. The van der Waals surface area contributed by atoms with Crippen molar-refractivity contribution >= 4 is 34.9 Å². The van der Waals surface area contributed by atoms with Crippen molar-refractivity contribution in [2.45, 2.75) is 26.3 Å². The van der Waals surface area contributed by atoms with Crippen LogP contribution in [-0.2, 0) is 9.53 Å². The van der Waals surface area contributed by atoms with Crippen LogP contribution in [0.15, 0.2) is 12.1 Å². The summed E-state index contributed by atoms with van der Waals surface area (Å²) in [6, 6.07) is 2.41. The van der Waals surface area contributed by atoms with Crippen LogP contribution >= 0.6 is 11.6 Å². The Kier molecular flexibility index (Phi) is 6.30. The van der Waals surface area contributed by atoms with E-state index in [0.29, 0.717) is 17.9 Å². The number of carbonyl (C=O) groups excluding carboxylic acids is 2. The van der Waals surface area contributed by atoms with Gasteiger partial charge in [0.1, 0.15) is 6.04 Å². The molecule has 0 saturated heterocycles. The molecule has 116 valence electrons. The van der Waals surface area contributed by atoms with Crippen molar-refractivity contribution in [1.29, 1.82) is 0 Å². The van der Waals surface area contributed by atoms with Crippen molar-refractivity contribution in [1.82, 2.24) is 5.32 Å². The van der Waals surface area contributed by atoms with Gasteiger partial charge in [-0.25, -0.2) is 4.79 Å². The molecular formula is C14H20ClN3O3. The van der Waals surface area contributed by atoms with Crippen LogP contribution in [0.2, 0.25) is 5.02 Å². The van der Waals surface area contributed by atoms with Crippen LogP contribution in [0.4, 0.5) is 11.4 Å². The molecule has 1 aromatic rings. The van der Waals surface area contributed by atoms with Crippen molar-refractivity contribution in [2.75, 3.05) is 24.7 Å². The first-order valence-electron chi connectivity index (χ1n) is 6.62. The fourth-order valence-corrected chi connectivity index (χ4v) is 2.01. The molecule has 1 unspecified atom stereocenters. The smallest absolute Gasteiger partial charge is 0.340 e. The Morgan fingerprint density at radius 1 is 1.43 bits per heavy atom. The van der Waals surface area contributed by atoms with E-state index in [4.69, 9.17) is 22.1 Å². The van der Waals surface area contributed by atoms with E-state index in [-0.39, 0.29) is 16.5 Å². The highest BCUT2D eigenvalue weighted by Gasteiger charge is 2.20. The molecule has 0 radical (unpaired) electrons. The van der Waals surface area contributed by atoms with Crippen LogP contribution in [0.1, 0.15) is 30.6 Å². The Hall–Kier alpha value is -1.95. The minimum atomic E-state index is -0.576. The molecule has 1 aromatic carbocycles. The summed E-state index contributed by atoms with van der Waals surface area (Å²) in [7, 11) is 1.26. The molecule has 0 aliphatic rings. The molecule has 4 N–H and O–H groups in total. The zero-order chi connectivity index (χ0) is 16.0. The first-order valence-corrected chi connectivity index (χ1v) is 7.00. The fourth-order valence-electron chi connectivity index (χ4n) is 1.73. The normalized spacial score (nSPS) is 11.6. The summed E-state index contributed by atoms with van der Waals surface area (Å²) in [6.45, 7) is 4.23. The first-order chi connectivity index (χ1) is 9.90. The Morgan fingerprint density at radius 2 is 2.10 bits per heavy atom. The predicted molar refractivity (Wildman–Crippen MR) is 83.6 cm³/mol. The highest BCUT2D eigenvalue weighted by molar-refractivity contribution is 6.34. The molecule has 0 aromatic heterocycles. The number of nitrogen functional groups attached to an aromatic ring is 1. The lowest BCUT2D eigenvalue weighted by Crippen LogP contribution is -2.38. The minimum absolute atomic E-state index is 0.180. The zero-order valence-electron chi connectivity index (χ0n) is 12.3. The maximum absolute atomic E-state index is 11.9. The van der Waals surface area contributed by atoms with Gasteiger partial charge in [-0.05, 0) is 25.5 Å². The van der Waals surface area contributed by atoms with Gasteiger partial charge in [0.25, 0.3) is 0 Å². The van der Waals surface area contributed by atoms with Gasteiger partial charge in [0.05, 0.1) is 23.4 Å². The lowest BCUT2D eigenvalue weighted by Gasteiger charge is -2.18. The summed E-state index contributed by atoms with van der Waals surface area (Å²) in [5, 5.41) is 5.95. The number of nitrogens with one attached hydrogen (secondary N) is 2. The quantitative estimate of drug-likeness (QED) is 0.552. The molecule has 6 nitrogen and oxygen atoms in total. The van der Waals surface area contributed by atoms with Crippen molar-refractivity contribution in [3.05, 3.63) is 22.7 Å². The Labute approximate surface area is 129 Å². The summed E-state index contributed by atoms with van der Waals surface area (Å²) >= 11 is 6.11. The second kappa shape index (κ2) is 7.73. The van der Waals surface area contributed by atoms with E-state index in [1.54, 1.807) is 6.92 Å². The summed E-state index contributed by atoms with van der Waals surface area (Å²) in [6.07, 6.45) is 0.842. The third-order valence-electron chi connectivity index (χ3n) is 2.82. The molecule has 0 bridgehead atoms. The minimum Gasteiger partial charge on any atom is -0.465 e. The van der Waals surface area contributed by atoms with Crippen molar-refractivity contribution in [2.24, 2.45) is 0 Å². The summed E-state index contributed by atoms with van der Waals surface area (Å²) in [5.41, 5.74) is 6.54. The molecule has 0 heterocycles. The number of ether oxygens (including phenoxy) is 1. The van der Waals surface area contributed by atoms with E-state index >= 15 is 0 Å². The Bertz CT molecular complexity index is 534. The monoisotopic (exact) mass is 313 g/mol. The molecule has 0 aliphatic heterocycles. The second-order valence-corrected chi connectivity index (χ2v) is 4.98. The van der Waals surface area contributed by atoms with Crippen LogP contribution in [0.5, 0.6) is 0 Å². The molecule has 21 heavy (non-hydrogen) atoms. The molecule has 1 atom stereocenters. The van der Waals surface area contributed by atoms with Crippen LogP contribution in [0, 0.1) is 0 Å². The number of nitrogens with two attached hydrogens (primary N) is 1. The van der Waals surface area contributed by atoms with Crippen molar-refractivity contribution in [3.63, 3.8) is 0 Å². The van der Waals surface area contributed by atoms with E-state index in [0.717, 1.165) is 6.42 Å². The van der Waals surface area contributed by atoms with Gasteiger partial charge in [-0.2, -0.15) is 0 Å². The van der Waals surface area contributed by atoms with Gasteiger partial charge < -0.3 is 21.1 Å². The van der Waals surface area contributed by atoms with Gasteiger partial charge >= 0.3 is 5.97 Å². The summed E-state index contributed by atoms with van der Waals surface area (Å²) in [5.74, 6) is -0.756. The van der Waals surface area contributed by atoms with E-state index < -0.39 is 12.0 Å². The van der Waals surface area contributed by atoms with Gasteiger partial charge in [-0.3, -0.25) is 4.79 Å². The molecule has 1 amide bonds. The van der Waals surface area contributed by atoms with Crippen LogP contribution in [0.3, 0.4) is 0 Å². The average molecular weight is 314 g/mol. The van der Waals surface area contributed by atoms with Crippen LogP contribution < -0.4 is 16.4 Å². The highest BCUT2D eigenvalue weighted by atomic mass is 35.5. The molecular weight excluding hydrogens is 294 g/mol. The predicted octanol–water partition coefficient (Wildman–Crippen LogP) is 2.04. The summed E-state index contributed by atoms with van der Waals surface area (Å²) < 4.78 is 4.70. The third-order valence-corrected chi connectivity index (χ3v) is 3.12. The number of hydrogen-bond donors (Lipinski definition) is 3. The molecule has 0 aliphatic carbocycles. The molecule has 0 spiro atoms. The fraction of sp³-hybridized carbons (Fsp3) is 0.429. The number of methoxy groups -OCH3 is 1. The average Bonchev–Trinajstić information content (AvgIpc) is 2.45. The van der Waals surface area contributed by atoms with Gasteiger partial charge in [0.15, 0.2) is 0 Å². The number of hydrogen-bond acceptors (Lipinski definition) is 5. The lowest BCUT2D eigenvalue weighted by molar-refractivity contribution is -0.121. The highest BCUT2D eigenvalue weighted by Crippen LogP contribution is 2.30. The Balaban J connectivity index is 3.01. The number of esters is 1. The molecule has 0 fully saturated rings. The standard InChI is InChI=1S/C14H20ClN3O3/c1-4-5-17-13(19)8(2)18-12-10(14(20)21-3)6-9(16)7-11(12)15/h6-8,18H,4-5,16H2,1-3H3,(H,17,19). The largest absolute Gasteiger partial charge is 0.465 e. The van der Waals surface area contributed by atoms with E-state index in [9.17, 15) is 9.59 Å². The number of halogens is 1. The second-order valence-electron chi connectivity index (χ2n) is 4.57. The first kappa shape index (κ1) is 17.1. The third kappa shape index (κ3) is 4.53. The summed E-state index contributed by atoms with van der Waals surface area (Å²) in [4.78, 5) is 23.7. The number of amides is 1. The molecule has 7 heteroatoms.